The molecule has 3 heterocycles. The van der Waals surface area contributed by atoms with Crippen LogP contribution in [0.1, 0.15) is 26.6 Å². The number of hydrogen-bond donors (Lipinski definition) is 0. The molecule has 18 heavy (non-hydrogen) atoms. The van der Waals surface area contributed by atoms with Crippen LogP contribution < -0.4 is 0 Å². The fraction of sp³-hybridized carbons (Fsp3) is 0.200. The van der Waals surface area contributed by atoms with Crippen LogP contribution in [0.3, 0.4) is 0 Å². The van der Waals surface area contributed by atoms with E-state index in [9.17, 15) is 0 Å². The maximum absolute atomic E-state index is 5.49. The van der Waals surface area contributed by atoms with E-state index in [0.29, 0.717) is 0 Å². The van der Waals surface area contributed by atoms with Crippen molar-refractivity contribution in [3.63, 3.8) is 0 Å². The van der Waals surface area contributed by atoms with Gasteiger partial charge in [0.2, 0.25) is 0 Å². The predicted molar refractivity (Wildman–Crippen MR) is 77.7 cm³/mol. The molecule has 92 valence electrons. The Morgan fingerprint density at radius 2 is 1.94 bits per heavy atom. The third kappa shape index (κ3) is 2.74. The maximum Gasteiger partial charge on any atom is 0.109 e. The molecule has 0 fully saturated rings. The molecule has 0 aliphatic rings. The summed E-state index contributed by atoms with van der Waals surface area (Å²) in [7, 11) is 0. The highest BCUT2D eigenvalue weighted by Gasteiger charge is 2.05. The van der Waals surface area contributed by atoms with E-state index in [0.717, 1.165) is 18.6 Å². The first-order valence-corrected chi connectivity index (χ1v) is 7.68. The van der Waals surface area contributed by atoms with Crippen LogP contribution in [0, 0.1) is 6.92 Å². The van der Waals surface area contributed by atoms with E-state index in [4.69, 9.17) is 4.42 Å². The summed E-state index contributed by atoms with van der Waals surface area (Å²) in [5, 5.41) is 4.35. The van der Waals surface area contributed by atoms with Gasteiger partial charge in [-0.2, -0.15) is 11.3 Å². The van der Waals surface area contributed by atoms with Crippen molar-refractivity contribution in [2.75, 3.05) is 0 Å². The SMILES string of the molecule is Cc1coc(Cc2ccc(Cc3ccsc3)s2)c1. The number of aryl methyl sites for hydroxylation is 1. The summed E-state index contributed by atoms with van der Waals surface area (Å²) in [5.74, 6) is 1.05. The van der Waals surface area contributed by atoms with Crippen molar-refractivity contribution in [2.45, 2.75) is 19.8 Å². The molecule has 0 spiro atoms. The van der Waals surface area contributed by atoms with Crippen molar-refractivity contribution in [2.24, 2.45) is 0 Å². The fourth-order valence-corrected chi connectivity index (χ4v) is 3.69. The van der Waals surface area contributed by atoms with Crippen LogP contribution >= 0.6 is 22.7 Å². The van der Waals surface area contributed by atoms with Crippen LogP contribution in [0.15, 0.2) is 45.7 Å². The normalized spacial score (nSPS) is 10.9. The van der Waals surface area contributed by atoms with Crippen LogP contribution in [-0.4, -0.2) is 0 Å². The minimum atomic E-state index is 0.905. The first kappa shape index (κ1) is 11.8. The number of rotatable bonds is 4. The molecule has 0 bridgehead atoms. The Labute approximate surface area is 115 Å². The molecule has 3 heteroatoms. The zero-order valence-electron chi connectivity index (χ0n) is 10.2. The van der Waals surface area contributed by atoms with Gasteiger partial charge in [-0.05, 0) is 53.1 Å². The minimum absolute atomic E-state index is 0.905. The van der Waals surface area contributed by atoms with E-state index >= 15 is 0 Å². The number of hydrogen-bond acceptors (Lipinski definition) is 3. The summed E-state index contributed by atoms with van der Waals surface area (Å²) >= 11 is 3.64. The number of furan rings is 1. The molecule has 0 amide bonds. The highest BCUT2D eigenvalue weighted by atomic mass is 32.1. The largest absolute Gasteiger partial charge is 0.469 e. The van der Waals surface area contributed by atoms with E-state index in [-0.39, 0.29) is 0 Å². The van der Waals surface area contributed by atoms with E-state index in [1.807, 2.05) is 17.6 Å². The highest BCUT2D eigenvalue weighted by Crippen LogP contribution is 2.23. The molecule has 0 radical (unpaired) electrons. The molecule has 3 aromatic rings. The van der Waals surface area contributed by atoms with Crippen LogP contribution in [0.5, 0.6) is 0 Å². The topological polar surface area (TPSA) is 13.1 Å². The quantitative estimate of drug-likeness (QED) is 0.660. The molecule has 0 saturated heterocycles. The lowest BCUT2D eigenvalue weighted by Gasteiger charge is -1.93. The minimum Gasteiger partial charge on any atom is -0.469 e. The summed E-state index contributed by atoms with van der Waals surface area (Å²) in [6.07, 6.45) is 3.77. The highest BCUT2D eigenvalue weighted by molar-refractivity contribution is 7.12. The van der Waals surface area contributed by atoms with Gasteiger partial charge in [-0.1, -0.05) is 0 Å². The van der Waals surface area contributed by atoms with Crippen LogP contribution in [0.2, 0.25) is 0 Å². The number of thiophene rings is 2. The average molecular weight is 274 g/mol. The van der Waals surface area contributed by atoms with Gasteiger partial charge in [0, 0.05) is 22.6 Å². The van der Waals surface area contributed by atoms with Gasteiger partial charge < -0.3 is 4.42 Å². The Hall–Kier alpha value is -1.32. The van der Waals surface area contributed by atoms with E-state index < -0.39 is 0 Å². The third-order valence-corrected chi connectivity index (χ3v) is 4.63. The van der Waals surface area contributed by atoms with Gasteiger partial charge in [0.1, 0.15) is 5.76 Å². The zero-order chi connectivity index (χ0) is 12.4. The van der Waals surface area contributed by atoms with Crippen molar-refractivity contribution in [1.29, 1.82) is 0 Å². The van der Waals surface area contributed by atoms with Crippen molar-refractivity contribution in [1.82, 2.24) is 0 Å². The van der Waals surface area contributed by atoms with Crippen molar-refractivity contribution in [3.8, 4) is 0 Å². The fourth-order valence-electron chi connectivity index (χ4n) is 1.96. The second-order valence-electron chi connectivity index (χ2n) is 4.44. The van der Waals surface area contributed by atoms with E-state index in [2.05, 4.69) is 41.9 Å². The molecule has 0 aliphatic carbocycles. The summed E-state index contributed by atoms with van der Waals surface area (Å²) < 4.78 is 5.49. The second-order valence-corrected chi connectivity index (χ2v) is 6.48. The van der Waals surface area contributed by atoms with Gasteiger partial charge in [0.25, 0.3) is 0 Å². The maximum atomic E-state index is 5.49. The Bertz CT molecular complexity index is 617. The summed E-state index contributed by atoms with van der Waals surface area (Å²) in [5.41, 5.74) is 2.60. The molecular formula is C15H14OS2. The van der Waals surface area contributed by atoms with E-state index in [1.165, 1.54) is 20.9 Å². The van der Waals surface area contributed by atoms with Crippen LogP contribution in [-0.2, 0) is 12.8 Å². The molecule has 0 saturated carbocycles. The van der Waals surface area contributed by atoms with E-state index in [1.54, 1.807) is 11.3 Å². The van der Waals surface area contributed by atoms with Crippen molar-refractivity contribution in [3.05, 3.63) is 67.9 Å². The average Bonchev–Trinajstić information content (AvgIpc) is 3.04. The lowest BCUT2D eigenvalue weighted by Crippen LogP contribution is -1.80. The Kier molecular flexibility index (Phi) is 3.35. The molecule has 3 aromatic heterocycles. The smallest absolute Gasteiger partial charge is 0.109 e. The van der Waals surface area contributed by atoms with Gasteiger partial charge >= 0.3 is 0 Å². The Morgan fingerprint density at radius 1 is 1.11 bits per heavy atom. The predicted octanol–water partition coefficient (Wildman–Crippen LogP) is 4.89. The van der Waals surface area contributed by atoms with Gasteiger partial charge in [-0.25, -0.2) is 0 Å². The first-order chi connectivity index (χ1) is 8.79. The molecule has 0 unspecified atom stereocenters. The molecular weight excluding hydrogens is 260 g/mol. The molecule has 3 rings (SSSR count). The van der Waals surface area contributed by atoms with Gasteiger partial charge in [0.15, 0.2) is 0 Å². The van der Waals surface area contributed by atoms with Gasteiger partial charge in [0.05, 0.1) is 6.26 Å². The lowest BCUT2D eigenvalue weighted by molar-refractivity contribution is 0.520. The Morgan fingerprint density at radius 3 is 2.61 bits per heavy atom. The second kappa shape index (κ2) is 5.12. The third-order valence-electron chi connectivity index (χ3n) is 2.81. The zero-order valence-corrected chi connectivity index (χ0v) is 11.8. The molecule has 0 atom stereocenters. The van der Waals surface area contributed by atoms with Crippen LogP contribution in [0.4, 0.5) is 0 Å². The first-order valence-electron chi connectivity index (χ1n) is 5.92. The monoisotopic (exact) mass is 274 g/mol. The van der Waals surface area contributed by atoms with Crippen molar-refractivity contribution >= 4 is 22.7 Å². The molecule has 0 N–H and O–H groups in total. The van der Waals surface area contributed by atoms with Gasteiger partial charge in [-0.15, -0.1) is 11.3 Å². The summed E-state index contributed by atoms with van der Waals surface area (Å²) in [6, 6.07) is 8.75. The Balaban J connectivity index is 1.69. The summed E-state index contributed by atoms with van der Waals surface area (Å²) in [4.78, 5) is 2.79. The molecule has 1 nitrogen and oxygen atoms in total. The summed E-state index contributed by atoms with van der Waals surface area (Å²) in [6.45, 7) is 2.06. The van der Waals surface area contributed by atoms with Crippen molar-refractivity contribution < 1.29 is 4.42 Å². The van der Waals surface area contributed by atoms with Crippen LogP contribution in [0.25, 0.3) is 0 Å². The molecule has 0 aromatic carbocycles. The standard InChI is InChI=1S/C15H14OS2/c1-11-6-13(16-9-11)8-15-3-2-14(18-15)7-12-4-5-17-10-12/h2-6,9-10H,7-8H2,1H3. The van der Waals surface area contributed by atoms with Gasteiger partial charge in [-0.3, -0.25) is 0 Å². The molecule has 0 aliphatic heterocycles. The lowest BCUT2D eigenvalue weighted by atomic mass is 10.2.